The fourth-order valence-corrected chi connectivity index (χ4v) is 3.15. The molecule has 138 valence electrons. The van der Waals surface area contributed by atoms with E-state index in [0.29, 0.717) is 18.1 Å². The van der Waals surface area contributed by atoms with Crippen molar-refractivity contribution in [1.29, 1.82) is 0 Å². The third-order valence-corrected chi connectivity index (χ3v) is 4.57. The Labute approximate surface area is 160 Å². The highest BCUT2D eigenvalue weighted by atomic mass is 16.5. The largest absolute Gasteiger partial charge is 0.478 e. The van der Waals surface area contributed by atoms with Crippen molar-refractivity contribution in [3.8, 4) is 16.9 Å². The molecule has 0 amide bonds. The molecular formula is C24H24O3. The van der Waals surface area contributed by atoms with Gasteiger partial charge in [-0.15, -0.1) is 0 Å². The summed E-state index contributed by atoms with van der Waals surface area (Å²) < 4.78 is 5.75. The van der Waals surface area contributed by atoms with Crippen LogP contribution in [-0.4, -0.2) is 17.2 Å². The zero-order valence-corrected chi connectivity index (χ0v) is 15.6. The highest BCUT2D eigenvalue weighted by Gasteiger charge is 2.20. The highest BCUT2D eigenvalue weighted by molar-refractivity contribution is 5.73. The maximum atomic E-state index is 11.6. The molecule has 0 saturated heterocycles. The topological polar surface area (TPSA) is 46.5 Å². The second-order valence-corrected chi connectivity index (χ2v) is 6.90. The average molecular weight is 360 g/mol. The fourth-order valence-electron chi connectivity index (χ4n) is 3.15. The number of aliphatic carboxylic acids is 1. The summed E-state index contributed by atoms with van der Waals surface area (Å²) in [5.41, 5.74) is 4.52. The van der Waals surface area contributed by atoms with Crippen LogP contribution in [0.1, 0.15) is 30.9 Å². The van der Waals surface area contributed by atoms with E-state index in [0.717, 1.165) is 11.1 Å². The molecule has 0 bridgehead atoms. The second kappa shape index (κ2) is 8.54. The molecule has 1 N–H and O–H groups in total. The van der Waals surface area contributed by atoms with Crippen LogP contribution in [0.25, 0.3) is 11.1 Å². The van der Waals surface area contributed by atoms with E-state index in [9.17, 15) is 9.90 Å². The molecule has 0 saturated carbocycles. The molecule has 0 fully saturated rings. The van der Waals surface area contributed by atoms with Gasteiger partial charge in [0, 0.05) is 6.42 Å². The van der Waals surface area contributed by atoms with Crippen molar-refractivity contribution in [2.75, 3.05) is 0 Å². The lowest BCUT2D eigenvalue weighted by atomic mass is 9.93. The molecule has 0 aliphatic carbocycles. The van der Waals surface area contributed by atoms with Gasteiger partial charge in [0.15, 0.2) is 6.10 Å². The lowest BCUT2D eigenvalue weighted by Crippen LogP contribution is -2.29. The quantitative estimate of drug-likeness (QED) is 0.601. The van der Waals surface area contributed by atoms with Gasteiger partial charge in [0.1, 0.15) is 5.75 Å². The van der Waals surface area contributed by atoms with E-state index in [2.05, 4.69) is 32.0 Å². The van der Waals surface area contributed by atoms with Crippen molar-refractivity contribution >= 4 is 5.97 Å². The van der Waals surface area contributed by atoms with Gasteiger partial charge in [-0.05, 0) is 40.3 Å². The SMILES string of the molecule is CC(C)c1ccccc1-c1ccc(O[C@H](Cc2ccccc2)C(=O)O)cc1. The predicted molar refractivity (Wildman–Crippen MR) is 108 cm³/mol. The number of carboxylic acids is 1. The van der Waals surface area contributed by atoms with Gasteiger partial charge in [0.2, 0.25) is 0 Å². The lowest BCUT2D eigenvalue weighted by molar-refractivity contribution is -0.145. The standard InChI is InChI=1S/C24H24O3/c1-17(2)21-10-6-7-11-22(21)19-12-14-20(15-13-19)27-23(24(25)26)16-18-8-4-3-5-9-18/h3-15,17,23H,16H2,1-2H3,(H,25,26)/t23-/m1/s1. The Kier molecular flexibility index (Phi) is 5.92. The van der Waals surface area contributed by atoms with E-state index in [1.54, 1.807) is 0 Å². The van der Waals surface area contributed by atoms with Gasteiger partial charge in [0.05, 0.1) is 0 Å². The van der Waals surface area contributed by atoms with Crippen LogP contribution in [0.3, 0.4) is 0 Å². The summed E-state index contributed by atoms with van der Waals surface area (Å²) in [6.45, 7) is 4.36. The maximum absolute atomic E-state index is 11.6. The molecule has 3 aromatic rings. The molecule has 0 aromatic heterocycles. The molecule has 3 rings (SSSR count). The number of carboxylic acid groups (broad SMARTS) is 1. The molecule has 0 aliphatic rings. The van der Waals surface area contributed by atoms with Crippen LogP contribution < -0.4 is 4.74 Å². The summed E-state index contributed by atoms with van der Waals surface area (Å²) in [7, 11) is 0. The van der Waals surface area contributed by atoms with Gasteiger partial charge in [-0.25, -0.2) is 4.79 Å². The predicted octanol–water partition coefficient (Wildman–Crippen LogP) is 5.55. The summed E-state index contributed by atoms with van der Waals surface area (Å²) in [5.74, 6) is 0.0246. The van der Waals surface area contributed by atoms with Crippen LogP contribution in [0.5, 0.6) is 5.75 Å². The van der Waals surface area contributed by atoms with Crippen molar-refractivity contribution in [3.05, 3.63) is 90.0 Å². The normalized spacial score (nSPS) is 12.0. The molecular weight excluding hydrogens is 336 g/mol. The van der Waals surface area contributed by atoms with E-state index in [4.69, 9.17) is 4.74 Å². The maximum Gasteiger partial charge on any atom is 0.345 e. The number of carbonyl (C=O) groups is 1. The zero-order chi connectivity index (χ0) is 19.2. The molecule has 3 heteroatoms. The number of hydrogen-bond acceptors (Lipinski definition) is 2. The van der Waals surface area contributed by atoms with Crippen LogP contribution in [-0.2, 0) is 11.2 Å². The highest BCUT2D eigenvalue weighted by Crippen LogP contribution is 2.30. The van der Waals surface area contributed by atoms with Crippen LogP contribution in [0.4, 0.5) is 0 Å². The van der Waals surface area contributed by atoms with E-state index in [-0.39, 0.29) is 0 Å². The van der Waals surface area contributed by atoms with Gasteiger partial charge in [-0.3, -0.25) is 0 Å². The minimum absolute atomic E-state index is 0.327. The van der Waals surface area contributed by atoms with Gasteiger partial charge in [-0.1, -0.05) is 80.6 Å². The van der Waals surface area contributed by atoms with Gasteiger partial charge >= 0.3 is 5.97 Å². The van der Waals surface area contributed by atoms with Gasteiger partial charge in [0.25, 0.3) is 0 Å². The molecule has 0 heterocycles. The smallest absolute Gasteiger partial charge is 0.345 e. The third kappa shape index (κ3) is 4.76. The van der Waals surface area contributed by atoms with Crippen LogP contribution in [0, 0.1) is 0 Å². The minimum Gasteiger partial charge on any atom is -0.478 e. The lowest BCUT2D eigenvalue weighted by Gasteiger charge is -2.16. The number of ether oxygens (including phenoxy) is 1. The van der Waals surface area contributed by atoms with Crippen molar-refractivity contribution in [2.24, 2.45) is 0 Å². The van der Waals surface area contributed by atoms with Crippen molar-refractivity contribution in [2.45, 2.75) is 32.3 Å². The molecule has 27 heavy (non-hydrogen) atoms. The number of hydrogen-bond donors (Lipinski definition) is 1. The summed E-state index contributed by atoms with van der Waals surface area (Å²) in [4.78, 5) is 11.6. The van der Waals surface area contributed by atoms with Crippen molar-refractivity contribution in [1.82, 2.24) is 0 Å². The van der Waals surface area contributed by atoms with Crippen molar-refractivity contribution < 1.29 is 14.6 Å². The Bertz CT molecular complexity index is 883. The van der Waals surface area contributed by atoms with E-state index in [1.807, 2.05) is 60.7 Å². The fraction of sp³-hybridized carbons (Fsp3) is 0.208. The first-order chi connectivity index (χ1) is 13.0. The number of rotatable bonds is 7. The van der Waals surface area contributed by atoms with E-state index in [1.165, 1.54) is 11.1 Å². The Hall–Kier alpha value is -3.07. The molecule has 3 aromatic carbocycles. The first kappa shape index (κ1) is 18.7. The van der Waals surface area contributed by atoms with Gasteiger partial charge < -0.3 is 9.84 Å². The molecule has 3 nitrogen and oxygen atoms in total. The minimum atomic E-state index is -0.965. The molecule has 0 radical (unpaired) electrons. The Morgan fingerprint density at radius 3 is 2.15 bits per heavy atom. The van der Waals surface area contributed by atoms with E-state index < -0.39 is 12.1 Å². The monoisotopic (exact) mass is 360 g/mol. The summed E-state index contributed by atoms with van der Waals surface area (Å²) in [6.07, 6.45) is -0.588. The molecule has 0 spiro atoms. The average Bonchev–Trinajstić information content (AvgIpc) is 2.69. The van der Waals surface area contributed by atoms with Crippen molar-refractivity contribution in [3.63, 3.8) is 0 Å². The first-order valence-corrected chi connectivity index (χ1v) is 9.17. The summed E-state index contributed by atoms with van der Waals surface area (Å²) in [5, 5.41) is 9.50. The molecule has 1 atom stereocenters. The Morgan fingerprint density at radius 2 is 1.52 bits per heavy atom. The molecule has 0 unspecified atom stereocenters. The Balaban J connectivity index is 1.77. The summed E-state index contributed by atoms with van der Waals surface area (Å²) in [6, 6.07) is 25.5. The first-order valence-electron chi connectivity index (χ1n) is 9.17. The van der Waals surface area contributed by atoms with Crippen LogP contribution in [0.2, 0.25) is 0 Å². The summed E-state index contributed by atoms with van der Waals surface area (Å²) >= 11 is 0. The van der Waals surface area contributed by atoms with Crippen LogP contribution in [0.15, 0.2) is 78.9 Å². The zero-order valence-electron chi connectivity index (χ0n) is 15.6. The van der Waals surface area contributed by atoms with Gasteiger partial charge in [-0.2, -0.15) is 0 Å². The number of benzene rings is 3. The Morgan fingerprint density at radius 1 is 0.889 bits per heavy atom. The van der Waals surface area contributed by atoms with E-state index >= 15 is 0 Å². The second-order valence-electron chi connectivity index (χ2n) is 6.90. The van der Waals surface area contributed by atoms with Crippen LogP contribution >= 0.6 is 0 Å². The third-order valence-electron chi connectivity index (χ3n) is 4.57. The molecule has 0 aliphatic heterocycles.